The standard InChI is InChI=1S/C19H22ClN3O3/c20-17-5-2-4-16(12-17)19(22-7-9-26-10-8-22)14-21-13-15-3-1-6-18(11-15)23(24)25/h1-6,11-12,19,21H,7-10,13-14H2. The van der Waals surface area contributed by atoms with Gasteiger partial charge in [0.15, 0.2) is 0 Å². The van der Waals surface area contributed by atoms with Crippen molar-refractivity contribution < 1.29 is 9.66 Å². The molecule has 1 fully saturated rings. The van der Waals surface area contributed by atoms with Gasteiger partial charge >= 0.3 is 0 Å². The van der Waals surface area contributed by atoms with Crippen LogP contribution in [0.2, 0.25) is 5.02 Å². The molecule has 0 bridgehead atoms. The van der Waals surface area contributed by atoms with Crippen molar-refractivity contribution in [3.8, 4) is 0 Å². The van der Waals surface area contributed by atoms with Crippen LogP contribution in [-0.4, -0.2) is 42.7 Å². The van der Waals surface area contributed by atoms with E-state index in [1.165, 1.54) is 6.07 Å². The lowest BCUT2D eigenvalue weighted by molar-refractivity contribution is -0.384. The zero-order chi connectivity index (χ0) is 18.4. The largest absolute Gasteiger partial charge is 0.379 e. The van der Waals surface area contributed by atoms with Crippen LogP contribution in [0.25, 0.3) is 0 Å². The topological polar surface area (TPSA) is 67.6 Å². The highest BCUT2D eigenvalue weighted by Crippen LogP contribution is 2.24. The predicted molar refractivity (Wildman–Crippen MR) is 101 cm³/mol. The minimum absolute atomic E-state index is 0.115. The highest BCUT2D eigenvalue weighted by Gasteiger charge is 2.22. The van der Waals surface area contributed by atoms with Crippen molar-refractivity contribution in [3.63, 3.8) is 0 Å². The molecule has 1 N–H and O–H groups in total. The van der Waals surface area contributed by atoms with Crippen molar-refractivity contribution in [2.75, 3.05) is 32.8 Å². The number of hydrogen-bond acceptors (Lipinski definition) is 5. The van der Waals surface area contributed by atoms with E-state index in [1.807, 2.05) is 24.3 Å². The van der Waals surface area contributed by atoms with Gasteiger partial charge in [-0.25, -0.2) is 0 Å². The van der Waals surface area contributed by atoms with E-state index < -0.39 is 0 Å². The molecule has 0 aromatic heterocycles. The SMILES string of the molecule is O=[N+]([O-])c1cccc(CNCC(c2cccc(Cl)c2)N2CCOCC2)c1. The maximum absolute atomic E-state index is 10.9. The van der Waals surface area contributed by atoms with E-state index in [1.54, 1.807) is 12.1 Å². The zero-order valence-electron chi connectivity index (χ0n) is 14.4. The van der Waals surface area contributed by atoms with Gasteiger partial charge in [-0.1, -0.05) is 35.9 Å². The predicted octanol–water partition coefficient (Wildman–Crippen LogP) is 3.41. The molecule has 3 rings (SSSR count). The molecule has 0 saturated carbocycles. The van der Waals surface area contributed by atoms with Crippen LogP contribution >= 0.6 is 11.6 Å². The second-order valence-corrected chi connectivity index (χ2v) is 6.71. The highest BCUT2D eigenvalue weighted by molar-refractivity contribution is 6.30. The number of nitrogens with one attached hydrogen (secondary N) is 1. The number of nitro benzene ring substituents is 1. The van der Waals surface area contributed by atoms with Crippen LogP contribution in [0.5, 0.6) is 0 Å². The Morgan fingerprint density at radius 1 is 1.19 bits per heavy atom. The van der Waals surface area contributed by atoms with Gasteiger partial charge in [0.2, 0.25) is 0 Å². The first-order chi connectivity index (χ1) is 12.6. The molecule has 1 heterocycles. The maximum Gasteiger partial charge on any atom is 0.269 e. The summed E-state index contributed by atoms with van der Waals surface area (Å²) in [6, 6.07) is 14.8. The molecule has 1 saturated heterocycles. The van der Waals surface area contributed by atoms with Gasteiger partial charge in [0.1, 0.15) is 0 Å². The van der Waals surface area contributed by atoms with Gasteiger partial charge < -0.3 is 10.1 Å². The summed E-state index contributed by atoms with van der Waals surface area (Å²) in [5.74, 6) is 0. The molecular weight excluding hydrogens is 354 g/mol. The van der Waals surface area contributed by atoms with E-state index in [0.29, 0.717) is 6.54 Å². The molecule has 1 unspecified atom stereocenters. The van der Waals surface area contributed by atoms with Crippen LogP contribution in [0.4, 0.5) is 5.69 Å². The van der Waals surface area contributed by atoms with Gasteiger partial charge in [0, 0.05) is 49.4 Å². The van der Waals surface area contributed by atoms with E-state index in [2.05, 4.69) is 16.3 Å². The van der Waals surface area contributed by atoms with Gasteiger partial charge in [-0.3, -0.25) is 15.0 Å². The molecule has 138 valence electrons. The summed E-state index contributed by atoms with van der Waals surface area (Å²) in [7, 11) is 0. The number of rotatable bonds is 7. The molecule has 2 aromatic carbocycles. The first kappa shape index (κ1) is 18.8. The van der Waals surface area contributed by atoms with Gasteiger partial charge in [0.25, 0.3) is 5.69 Å². The van der Waals surface area contributed by atoms with E-state index in [9.17, 15) is 10.1 Å². The van der Waals surface area contributed by atoms with Gasteiger partial charge in [-0.2, -0.15) is 0 Å². The summed E-state index contributed by atoms with van der Waals surface area (Å²) in [6.07, 6.45) is 0. The molecule has 6 nitrogen and oxygen atoms in total. The van der Waals surface area contributed by atoms with Crippen molar-refractivity contribution >= 4 is 17.3 Å². The summed E-state index contributed by atoms with van der Waals surface area (Å²) in [4.78, 5) is 12.9. The third kappa shape index (κ3) is 5.02. The molecule has 2 aromatic rings. The molecular formula is C19H22ClN3O3. The molecule has 1 aliphatic rings. The third-order valence-electron chi connectivity index (χ3n) is 4.51. The first-order valence-corrected chi connectivity index (χ1v) is 9.02. The van der Waals surface area contributed by atoms with E-state index >= 15 is 0 Å². The molecule has 1 aliphatic heterocycles. The monoisotopic (exact) mass is 375 g/mol. The Balaban J connectivity index is 1.67. The second kappa shape index (κ2) is 9.09. The van der Waals surface area contributed by atoms with Crippen LogP contribution in [-0.2, 0) is 11.3 Å². The van der Waals surface area contributed by atoms with E-state index in [0.717, 1.165) is 49.0 Å². The average molecular weight is 376 g/mol. The number of nitro groups is 1. The zero-order valence-corrected chi connectivity index (χ0v) is 15.2. The fourth-order valence-corrected chi connectivity index (χ4v) is 3.39. The summed E-state index contributed by atoms with van der Waals surface area (Å²) < 4.78 is 5.47. The van der Waals surface area contributed by atoms with Crippen molar-refractivity contribution in [2.45, 2.75) is 12.6 Å². The Morgan fingerprint density at radius 3 is 2.69 bits per heavy atom. The van der Waals surface area contributed by atoms with Gasteiger partial charge in [-0.05, 0) is 23.3 Å². The Kier molecular flexibility index (Phi) is 6.57. The van der Waals surface area contributed by atoms with Crippen LogP contribution in [0.15, 0.2) is 48.5 Å². The fourth-order valence-electron chi connectivity index (χ4n) is 3.19. The number of hydrogen-bond donors (Lipinski definition) is 1. The molecule has 26 heavy (non-hydrogen) atoms. The van der Waals surface area contributed by atoms with E-state index in [4.69, 9.17) is 16.3 Å². The smallest absolute Gasteiger partial charge is 0.269 e. The lowest BCUT2D eigenvalue weighted by Crippen LogP contribution is -2.42. The second-order valence-electron chi connectivity index (χ2n) is 6.28. The van der Waals surface area contributed by atoms with Crippen LogP contribution in [0, 0.1) is 10.1 Å². The number of non-ortho nitro benzene ring substituents is 1. The average Bonchev–Trinajstić information content (AvgIpc) is 2.66. The Labute approximate surface area is 157 Å². The summed E-state index contributed by atoms with van der Waals surface area (Å²) in [5.41, 5.74) is 2.17. The quantitative estimate of drug-likeness (QED) is 0.593. The highest BCUT2D eigenvalue weighted by atomic mass is 35.5. The minimum Gasteiger partial charge on any atom is -0.379 e. The number of benzene rings is 2. The van der Waals surface area contributed by atoms with Gasteiger partial charge in [-0.15, -0.1) is 0 Å². The number of nitrogens with zero attached hydrogens (tertiary/aromatic N) is 2. The summed E-state index contributed by atoms with van der Waals surface area (Å²) in [5, 5.41) is 15.1. The van der Waals surface area contributed by atoms with Crippen molar-refractivity contribution in [1.82, 2.24) is 10.2 Å². The Bertz CT molecular complexity index is 750. The number of morpholine rings is 1. The van der Waals surface area contributed by atoms with Crippen LogP contribution < -0.4 is 5.32 Å². The minimum atomic E-state index is -0.369. The lowest BCUT2D eigenvalue weighted by atomic mass is 10.0. The molecule has 0 spiro atoms. The van der Waals surface area contributed by atoms with Crippen LogP contribution in [0.3, 0.4) is 0 Å². The fraction of sp³-hybridized carbons (Fsp3) is 0.368. The van der Waals surface area contributed by atoms with Crippen molar-refractivity contribution in [3.05, 3.63) is 74.8 Å². The third-order valence-corrected chi connectivity index (χ3v) is 4.74. The van der Waals surface area contributed by atoms with Crippen molar-refractivity contribution in [1.29, 1.82) is 0 Å². The molecule has 1 atom stereocenters. The molecule has 7 heteroatoms. The lowest BCUT2D eigenvalue weighted by Gasteiger charge is -2.35. The summed E-state index contributed by atoms with van der Waals surface area (Å²) >= 11 is 6.18. The molecule has 0 radical (unpaired) electrons. The Morgan fingerprint density at radius 2 is 1.96 bits per heavy atom. The normalized spacial score (nSPS) is 16.3. The first-order valence-electron chi connectivity index (χ1n) is 8.65. The molecule has 0 amide bonds. The van der Waals surface area contributed by atoms with E-state index in [-0.39, 0.29) is 16.7 Å². The van der Waals surface area contributed by atoms with Gasteiger partial charge in [0.05, 0.1) is 18.1 Å². The van der Waals surface area contributed by atoms with Crippen LogP contribution in [0.1, 0.15) is 17.2 Å². The number of ether oxygens (including phenoxy) is 1. The molecule has 0 aliphatic carbocycles. The number of halogens is 1. The Hall–Kier alpha value is -1.99. The van der Waals surface area contributed by atoms with Crippen molar-refractivity contribution in [2.24, 2.45) is 0 Å². The summed E-state index contributed by atoms with van der Waals surface area (Å²) in [6.45, 7) is 4.49. The maximum atomic E-state index is 10.9.